The summed E-state index contributed by atoms with van der Waals surface area (Å²) in [6.45, 7) is 1.95. The molecule has 1 N–H and O–H groups in total. The number of aliphatic imine (C=N–C) groups is 1. The van der Waals surface area contributed by atoms with E-state index in [1.807, 2.05) is 24.4 Å². The standard InChI is InChI=1S/C17H12ClN3O3S/c1-10-20-15(9-25-10)11-2-4-14(5-3-11)19-8-12-6-13(18)7-16(17(12)22)21(23)24/h2-9,22H,1H3. The highest BCUT2D eigenvalue weighted by Crippen LogP contribution is 2.32. The monoisotopic (exact) mass is 373 g/mol. The Hall–Kier alpha value is -2.77. The lowest BCUT2D eigenvalue weighted by atomic mass is 10.1. The number of rotatable bonds is 4. The maximum atomic E-state index is 10.9. The zero-order chi connectivity index (χ0) is 18.0. The fourth-order valence-electron chi connectivity index (χ4n) is 2.20. The zero-order valence-electron chi connectivity index (χ0n) is 13.0. The van der Waals surface area contributed by atoms with E-state index in [1.54, 1.807) is 23.5 Å². The van der Waals surface area contributed by atoms with Crippen molar-refractivity contribution in [2.45, 2.75) is 6.92 Å². The molecule has 0 saturated carbocycles. The van der Waals surface area contributed by atoms with Crippen LogP contribution in [0.2, 0.25) is 5.02 Å². The third kappa shape index (κ3) is 3.84. The van der Waals surface area contributed by atoms with Crippen LogP contribution in [0, 0.1) is 17.0 Å². The fraction of sp³-hybridized carbons (Fsp3) is 0.0588. The first-order chi connectivity index (χ1) is 11.9. The number of hydrogen-bond acceptors (Lipinski definition) is 6. The number of phenols is 1. The molecular weight excluding hydrogens is 362 g/mol. The Labute approximate surface area is 152 Å². The molecule has 3 aromatic rings. The molecule has 0 aliphatic heterocycles. The van der Waals surface area contributed by atoms with Crippen LogP contribution < -0.4 is 0 Å². The fourth-order valence-corrected chi connectivity index (χ4v) is 3.04. The van der Waals surface area contributed by atoms with Crippen LogP contribution in [0.25, 0.3) is 11.3 Å². The predicted octanol–water partition coefficient (Wildman–Crippen LogP) is 5.14. The van der Waals surface area contributed by atoms with Gasteiger partial charge in [-0.3, -0.25) is 15.1 Å². The second-order valence-corrected chi connectivity index (χ2v) is 6.68. The van der Waals surface area contributed by atoms with Crippen LogP contribution in [0.15, 0.2) is 46.8 Å². The van der Waals surface area contributed by atoms with Gasteiger partial charge in [0.2, 0.25) is 5.75 Å². The van der Waals surface area contributed by atoms with Crippen molar-refractivity contribution in [3.05, 3.63) is 67.5 Å². The topological polar surface area (TPSA) is 88.6 Å². The number of hydrogen-bond donors (Lipinski definition) is 1. The van der Waals surface area contributed by atoms with E-state index in [4.69, 9.17) is 11.6 Å². The summed E-state index contributed by atoms with van der Waals surface area (Å²) in [7, 11) is 0. The second-order valence-electron chi connectivity index (χ2n) is 5.18. The summed E-state index contributed by atoms with van der Waals surface area (Å²) in [6.07, 6.45) is 1.34. The minimum atomic E-state index is -0.691. The Morgan fingerprint density at radius 1 is 1.32 bits per heavy atom. The van der Waals surface area contributed by atoms with Gasteiger partial charge in [0.25, 0.3) is 0 Å². The number of aromatic nitrogens is 1. The van der Waals surface area contributed by atoms with E-state index in [-0.39, 0.29) is 10.6 Å². The van der Waals surface area contributed by atoms with Gasteiger partial charge in [0, 0.05) is 33.8 Å². The van der Waals surface area contributed by atoms with E-state index in [2.05, 4.69) is 9.98 Å². The highest BCUT2D eigenvalue weighted by Gasteiger charge is 2.17. The Morgan fingerprint density at radius 2 is 2.04 bits per heavy atom. The molecule has 8 heteroatoms. The third-order valence-electron chi connectivity index (χ3n) is 3.42. The first-order valence-corrected chi connectivity index (χ1v) is 8.43. The number of aromatic hydroxyl groups is 1. The Morgan fingerprint density at radius 3 is 2.64 bits per heavy atom. The summed E-state index contributed by atoms with van der Waals surface area (Å²) >= 11 is 7.44. The summed E-state index contributed by atoms with van der Waals surface area (Å²) in [5.41, 5.74) is 2.24. The molecule has 25 heavy (non-hydrogen) atoms. The smallest absolute Gasteiger partial charge is 0.312 e. The van der Waals surface area contributed by atoms with Gasteiger partial charge in [0.05, 0.1) is 21.3 Å². The molecular formula is C17H12ClN3O3S. The van der Waals surface area contributed by atoms with Crippen LogP contribution in [0.4, 0.5) is 11.4 Å². The summed E-state index contributed by atoms with van der Waals surface area (Å²) < 4.78 is 0. The lowest BCUT2D eigenvalue weighted by Crippen LogP contribution is -1.92. The third-order valence-corrected chi connectivity index (χ3v) is 4.41. The molecule has 0 saturated heterocycles. The molecule has 0 aliphatic carbocycles. The maximum absolute atomic E-state index is 10.9. The minimum absolute atomic E-state index is 0.153. The number of aryl methyl sites for hydroxylation is 1. The summed E-state index contributed by atoms with van der Waals surface area (Å²) in [6, 6.07) is 9.90. The van der Waals surface area contributed by atoms with Gasteiger partial charge < -0.3 is 5.11 Å². The van der Waals surface area contributed by atoms with Crippen molar-refractivity contribution in [2.24, 2.45) is 4.99 Å². The first kappa shape index (κ1) is 17.1. The van der Waals surface area contributed by atoms with Gasteiger partial charge in [-0.05, 0) is 25.1 Å². The molecule has 1 heterocycles. The van der Waals surface area contributed by atoms with Crippen LogP contribution in [0.5, 0.6) is 5.75 Å². The molecule has 0 amide bonds. The van der Waals surface area contributed by atoms with E-state index >= 15 is 0 Å². The minimum Gasteiger partial charge on any atom is -0.502 e. The number of nitro benzene ring substituents is 1. The highest BCUT2D eigenvalue weighted by molar-refractivity contribution is 7.09. The van der Waals surface area contributed by atoms with Crippen molar-refractivity contribution in [1.82, 2.24) is 4.98 Å². The van der Waals surface area contributed by atoms with Gasteiger partial charge in [-0.2, -0.15) is 0 Å². The molecule has 3 rings (SSSR count). The number of phenolic OH excluding ortho intramolecular Hbond substituents is 1. The quantitative estimate of drug-likeness (QED) is 0.389. The summed E-state index contributed by atoms with van der Waals surface area (Å²) in [4.78, 5) is 18.9. The van der Waals surface area contributed by atoms with Crippen molar-refractivity contribution < 1.29 is 10.0 Å². The molecule has 0 bridgehead atoms. The molecule has 0 unspecified atom stereocenters. The zero-order valence-corrected chi connectivity index (χ0v) is 14.6. The normalized spacial score (nSPS) is 11.1. The van der Waals surface area contributed by atoms with E-state index in [0.29, 0.717) is 5.69 Å². The van der Waals surface area contributed by atoms with Gasteiger partial charge in [-0.25, -0.2) is 4.98 Å². The molecule has 1 aromatic heterocycles. The van der Waals surface area contributed by atoms with Crippen LogP contribution in [0.1, 0.15) is 10.6 Å². The van der Waals surface area contributed by atoms with Gasteiger partial charge in [0.1, 0.15) is 0 Å². The molecule has 126 valence electrons. The Kier molecular flexibility index (Phi) is 4.78. The van der Waals surface area contributed by atoms with Gasteiger partial charge in [-0.15, -0.1) is 11.3 Å². The average Bonchev–Trinajstić information content (AvgIpc) is 3.02. The number of nitro groups is 1. The molecule has 0 radical (unpaired) electrons. The Balaban J connectivity index is 1.86. The van der Waals surface area contributed by atoms with Gasteiger partial charge in [0.15, 0.2) is 0 Å². The van der Waals surface area contributed by atoms with Crippen LogP contribution >= 0.6 is 22.9 Å². The molecule has 0 spiro atoms. The van der Waals surface area contributed by atoms with E-state index in [0.717, 1.165) is 22.3 Å². The van der Waals surface area contributed by atoms with Gasteiger partial charge in [-0.1, -0.05) is 23.7 Å². The average molecular weight is 374 g/mol. The van der Waals surface area contributed by atoms with Crippen LogP contribution in [-0.2, 0) is 0 Å². The molecule has 0 fully saturated rings. The Bertz CT molecular complexity index is 968. The lowest BCUT2D eigenvalue weighted by molar-refractivity contribution is -0.385. The lowest BCUT2D eigenvalue weighted by Gasteiger charge is -2.02. The summed E-state index contributed by atoms with van der Waals surface area (Å²) in [5, 5.41) is 24.0. The summed E-state index contributed by atoms with van der Waals surface area (Å²) in [5.74, 6) is -0.465. The largest absolute Gasteiger partial charge is 0.502 e. The molecule has 6 nitrogen and oxygen atoms in total. The first-order valence-electron chi connectivity index (χ1n) is 7.17. The second kappa shape index (κ2) is 7.00. The predicted molar refractivity (Wildman–Crippen MR) is 99.3 cm³/mol. The number of thiazole rings is 1. The van der Waals surface area contributed by atoms with Crippen LogP contribution in [0.3, 0.4) is 0 Å². The van der Waals surface area contributed by atoms with Crippen molar-refractivity contribution >= 4 is 40.5 Å². The van der Waals surface area contributed by atoms with Crippen molar-refractivity contribution in [1.29, 1.82) is 0 Å². The number of nitrogens with zero attached hydrogens (tertiary/aromatic N) is 3. The van der Waals surface area contributed by atoms with Crippen molar-refractivity contribution in [3.8, 4) is 17.0 Å². The molecule has 0 aliphatic rings. The molecule has 2 aromatic carbocycles. The van der Waals surface area contributed by atoms with Gasteiger partial charge >= 0.3 is 5.69 Å². The SMILES string of the molecule is Cc1nc(-c2ccc(N=Cc3cc(Cl)cc([N+](=O)[O-])c3O)cc2)cs1. The van der Waals surface area contributed by atoms with E-state index in [1.165, 1.54) is 12.3 Å². The molecule has 0 atom stereocenters. The van der Waals surface area contributed by atoms with E-state index in [9.17, 15) is 15.2 Å². The highest BCUT2D eigenvalue weighted by atomic mass is 35.5. The van der Waals surface area contributed by atoms with Crippen molar-refractivity contribution in [3.63, 3.8) is 0 Å². The number of benzene rings is 2. The number of halogens is 1. The van der Waals surface area contributed by atoms with Crippen molar-refractivity contribution in [2.75, 3.05) is 0 Å². The maximum Gasteiger partial charge on any atom is 0.312 e. The van der Waals surface area contributed by atoms with Crippen LogP contribution in [-0.4, -0.2) is 21.2 Å². The van der Waals surface area contributed by atoms with E-state index < -0.39 is 16.4 Å².